The van der Waals surface area contributed by atoms with Crippen LogP contribution in [-0.2, 0) is 18.0 Å². The molecule has 9 nitrogen and oxygen atoms in total. The molecule has 41 heavy (non-hydrogen) atoms. The number of hydrogen-bond acceptors (Lipinski definition) is 8. The van der Waals surface area contributed by atoms with Crippen LogP contribution in [0.25, 0.3) is 22.3 Å². The number of ether oxygens (including phenoxy) is 4. The number of carboxylic acid groups (broad SMARTS) is 1. The van der Waals surface area contributed by atoms with Crippen molar-refractivity contribution in [3.8, 4) is 40.1 Å². The molecule has 0 aliphatic heterocycles. The summed E-state index contributed by atoms with van der Waals surface area (Å²) in [7, 11) is 1.33. The van der Waals surface area contributed by atoms with Gasteiger partial charge in [0, 0.05) is 17.7 Å². The Morgan fingerprint density at radius 3 is 2.05 bits per heavy atom. The summed E-state index contributed by atoms with van der Waals surface area (Å²) in [6, 6.07) is 26.9. The number of carbonyl (C=O) groups is 1. The van der Waals surface area contributed by atoms with Crippen molar-refractivity contribution < 1.29 is 38.4 Å². The highest BCUT2D eigenvalue weighted by molar-refractivity contribution is 5.88. The van der Waals surface area contributed by atoms with Crippen molar-refractivity contribution in [1.82, 2.24) is 0 Å². The number of aliphatic carboxylic acids is 1. The van der Waals surface area contributed by atoms with Gasteiger partial charge in [-0.25, -0.2) is 4.79 Å². The van der Waals surface area contributed by atoms with Crippen LogP contribution in [0.1, 0.15) is 11.1 Å². The minimum absolute atomic E-state index is 0.0117. The molecule has 0 spiro atoms. The zero-order valence-corrected chi connectivity index (χ0v) is 22.0. The van der Waals surface area contributed by atoms with E-state index in [1.807, 2.05) is 60.7 Å². The molecule has 0 saturated heterocycles. The van der Waals surface area contributed by atoms with Gasteiger partial charge in [-0.15, -0.1) is 0 Å². The lowest BCUT2D eigenvalue weighted by Gasteiger charge is -2.16. The Labute approximate surface area is 234 Å². The van der Waals surface area contributed by atoms with Crippen molar-refractivity contribution in [2.45, 2.75) is 13.2 Å². The zero-order valence-electron chi connectivity index (χ0n) is 22.0. The third-order valence-electron chi connectivity index (χ3n) is 6.15. The third kappa shape index (κ3) is 6.25. The van der Waals surface area contributed by atoms with Gasteiger partial charge < -0.3 is 33.6 Å². The number of aromatic hydroxyl groups is 1. The molecule has 0 bridgehead atoms. The number of benzene rings is 4. The summed E-state index contributed by atoms with van der Waals surface area (Å²) in [4.78, 5) is 24.3. The molecule has 1 aromatic heterocycles. The summed E-state index contributed by atoms with van der Waals surface area (Å²) in [5.41, 5.74) is 1.76. The van der Waals surface area contributed by atoms with Crippen molar-refractivity contribution in [2.24, 2.45) is 0 Å². The van der Waals surface area contributed by atoms with Crippen LogP contribution in [0.2, 0.25) is 0 Å². The molecule has 0 aliphatic carbocycles. The number of methoxy groups -OCH3 is 1. The fourth-order valence-corrected chi connectivity index (χ4v) is 4.21. The molecule has 0 aliphatic rings. The van der Waals surface area contributed by atoms with Crippen LogP contribution < -0.4 is 24.4 Å². The maximum absolute atomic E-state index is 13.3. The van der Waals surface area contributed by atoms with Crippen LogP contribution in [0.5, 0.6) is 28.7 Å². The summed E-state index contributed by atoms with van der Waals surface area (Å²) in [5.74, 6) is -0.755. The molecule has 0 atom stereocenters. The largest absolute Gasteiger partial charge is 0.507 e. The van der Waals surface area contributed by atoms with Gasteiger partial charge in [0.05, 0.1) is 7.11 Å². The second-order valence-electron chi connectivity index (χ2n) is 9.00. The third-order valence-corrected chi connectivity index (χ3v) is 6.15. The number of fused-ring (bicyclic) bond motifs is 1. The van der Waals surface area contributed by atoms with E-state index in [4.69, 9.17) is 28.5 Å². The molecule has 1 heterocycles. The quantitative estimate of drug-likeness (QED) is 0.209. The van der Waals surface area contributed by atoms with E-state index in [0.29, 0.717) is 23.7 Å². The topological polar surface area (TPSA) is 125 Å². The molecule has 0 amide bonds. The molecule has 9 heteroatoms. The van der Waals surface area contributed by atoms with Crippen LogP contribution in [0.4, 0.5) is 0 Å². The van der Waals surface area contributed by atoms with Crippen LogP contribution >= 0.6 is 0 Å². The van der Waals surface area contributed by atoms with Gasteiger partial charge >= 0.3 is 5.97 Å². The first kappa shape index (κ1) is 27.1. The molecule has 4 aromatic carbocycles. The lowest BCUT2D eigenvalue weighted by atomic mass is 10.1. The highest BCUT2D eigenvalue weighted by atomic mass is 16.5. The van der Waals surface area contributed by atoms with Crippen molar-refractivity contribution in [3.63, 3.8) is 0 Å². The second kappa shape index (κ2) is 12.2. The first-order valence-corrected chi connectivity index (χ1v) is 12.6. The van der Waals surface area contributed by atoms with E-state index < -0.39 is 23.8 Å². The maximum Gasteiger partial charge on any atom is 0.341 e. The normalized spacial score (nSPS) is 10.8. The van der Waals surface area contributed by atoms with E-state index in [0.717, 1.165) is 17.2 Å². The first-order chi connectivity index (χ1) is 19.9. The molecule has 0 fully saturated rings. The molecule has 5 aromatic rings. The van der Waals surface area contributed by atoms with E-state index in [1.54, 1.807) is 18.2 Å². The van der Waals surface area contributed by atoms with Gasteiger partial charge in [0.1, 0.15) is 35.7 Å². The predicted octanol–water partition coefficient (Wildman–Crippen LogP) is 5.80. The first-order valence-electron chi connectivity index (χ1n) is 12.6. The van der Waals surface area contributed by atoms with E-state index in [-0.39, 0.29) is 34.8 Å². The summed E-state index contributed by atoms with van der Waals surface area (Å²) >= 11 is 0. The monoisotopic (exact) mass is 554 g/mol. The van der Waals surface area contributed by atoms with Crippen molar-refractivity contribution in [3.05, 3.63) is 112 Å². The molecule has 0 unspecified atom stereocenters. The fraction of sp³-hybridized carbons (Fsp3) is 0.125. The Hall–Kier alpha value is -5.44. The minimum atomic E-state index is -1.20. The lowest BCUT2D eigenvalue weighted by Crippen LogP contribution is -2.10. The second-order valence-corrected chi connectivity index (χ2v) is 9.00. The average Bonchev–Trinajstić information content (AvgIpc) is 2.98. The van der Waals surface area contributed by atoms with Crippen LogP contribution in [0, 0.1) is 0 Å². The molecule has 0 saturated carbocycles. The number of phenolic OH excluding ortho intramolecular Hbond substituents is 1. The molecular formula is C32H26O9. The van der Waals surface area contributed by atoms with E-state index in [1.165, 1.54) is 13.2 Å². The van der Waals surface area contributed by atoms with Gasteiger partial charge in [-0.2, -0.15) is 0 Å². The fourth-order valence-electron chi connectivity index (χ4n) is 4.21. The van der Waals surface area contributed by atoms with Gasteiger partial charge in [-0.05, 0) is 29.3 Å². The predicted molar refractivity (Wildman–Crippen MR) is 151 cm³/mol. The maximum atomic E-state index is 13.3. The van der Waals surface area contributed by atoms with Crippen LogP contribution in [-0.4, -0.2) is 29.9 Å². The summed E-state index contributed by atoms with van der Waals surface area (Å²) in [5, 5.41) is 19.3. The Kier molecular flexibility index (Phi) is 8.05. The van der Waals surface area contributed by atoms with Crippen molar-refractivity contribution in [1.29, 1.82) is 0 Å². The Morgan fingerprint density at radius 2 is 1.44 bits per heavy atom. The summed E-state index contributed by atoms with van der Waals surface area (Å²) < 4.78 is 28.9. The molecule has 208 valence electrons. The van der Waals surface area contributed by atoms with Gasteiger partial charge in [0.2, 0.25) is 11.2 Å². The molecule has 0 radical (unpaired) electrons. The van der Waals surface area contributed by atoms with Gasteiger partial charge in [-0.3, -0.25) is 4.79 Å². The lowest BCUT2D eigenvalue weighted by molar-refractivity contribution is -0.139. The van der Waals surface area contributed by atoms with Crippen molar-refractivity contribution >= 4 is 16.9 Å². The van der Waals surface area contributed by atoms with Gasteiger partial charge in [-0.1, -0.05) is 60.7 Å². The van der Waals surface area contributed by atoms with Crippen LogP contribution in [0.3, 0.4) is 0 Å². The van der Waals surface area contributed by atoms with Gasteiger partial charge in [0.15, 0.2) is 23.9 Å². The Balaban J connectivity index is 1.56. The minimum Gasteiger partial charge on any atom is -0.507 e. The van der Waals surface area contributed by atoms with Crippen molar-refractivity contribution in [2.75, 3.05) is 13.7 Å². The van der Waals surface area contributed by atoms with Crippen LogP contribution in [0.15, 0.2) is 100 Å². The molecular weight excluding hydrogens is 528 g/mol. The number of hydrogen-bond donors (Lipinski definition) is 2. The SMILES string of the molecule is COc1c(-c2ccc(OCc3ccccc3)c(OCc3ccccc3)c2)oc2cc(OCC(=O)O)cc(O)c2c1=O. The highest BCUT2D eigenvalue weighted by Crippen LogP contribution is 2.39. The number of rotatable bonds is 11. The van der Waals surface area contributed by atoms with E-state index in [2.05, 4.69) is 0 Å². The Bertz CT molecular complexity index is 1730. The number of carboxylic acids is 1. The smallest absolute Gasteiger partial charge is 0.341 e. The Morgan fingerprint density at radius 1 is 0.805 bits per heavy atom. The van der Waals surface area contributed by atoms with Gasteiger partial charge in [0.25, 0.3) is 0 Å². The standard InChI is InChI=1S/C32H26O9/c1-37-32-30(36)29-24(33)15-23(38-19-28(34)35)16-27(29)41-31(32)22-12-13-25(39-17-20-8-4-2-5-9-20)26(14-22)40-18-21-10-6-3-7-11-21/h2-16,33H,17-19H2,1H3,(H,34,35). The number of phenols is 1. The van der Waals surface area contributed by atoms with E-state index >= 15 is 0 Å². The average molecular weight is 555 g/mol. The molecule has 5 rings (SSSR count). The summed E-state index contributed by atoms with van der Waals surface area (Å²) in [6.07, 6.45) is 0. The molecule has 2 N–H and O–H groups in total. The van der Waals surface area contributed by atoms with E-state index in [9.17, 15) is 14.7 Å². The summed E-state index contributed by atoms with van der Waals surface area (Å²) in [6.45, 7) is -0.0532. The highest BCUT2D eigenvalue weighted by Gasteiger charge is 2.22. The zero-order chi connectivity index (χ0) is 28.8.